The Hall–Kier alpha value is -1.66. The fourth-order valence-electron chi connectivity index (χ4n) is 1.77. The topological polar surface area (TPSA) is 55.4 Å². The second-order valence-electron chi connectivity index (χ2n) is 4.33. The van der Waals surface area contributed by atoms with Gasteiger partial charge in [0.1, 0.15) is 5.00 Å². The Kier molecular flexibility index (Phi) is 5.52. The second kappa shape index (κ2) is 7.38. The van der Waals surface area contributed by atoms with E-state index in [0.29, 0.717) is 23.4 Å². The number of methoxy groups -OCH3 is 1. The third-order valence-electron chi connectivity index (χ3n) is 2.88. The Labute approximate surface area is 135 Å². The number of carbonyl (C=O) groups excluding carboxylic acids is 2. The number of carbonyl (C=O) groups is 2. The maximum absolute atomic E-state index is 11.9. The maximum Gasteiger partial charge on any atom is 0.340 e. The lowest BCUT2D eigenvalue weighted by Gasteiger charge is -2.05. The molecule has 4 nitrogen and oxygen atoms in total. The van der Waals surface area contributed by atoms with Crippen molar-refractivity contribution < 1.29 is 14.3 Å². The summed E-state index contributed by atoms with van der Waals surface area (Å²) in [5, 5.41) is 5.03. The van der Waals surface area contributed by atoms with Crippen molar-refractivity contribution in [1.82, 2.24) is 0 Å². The number of anilines is 1. The van der Waals surface area contributed by atoms with E-state index < -0.39 is 5.97 Å². The predicted octanol–water partition coefficient (Wildman–Crippen LogP) is 3.87. The molecule has 0 spiro atoms. The van der Waals surface area contributed by atoms with Crippen LogP contribution in [0.3, 0.4) is 0 Å². The van der Waals surface area contributed by atoms with E-state index in [4.69, 9.17) is 0 Å². The van der Waals surface area contributed by atoms with Crippen LogP contribution in [0.1, 0.15) is 22.3 Å². The van der Waals surface area contributed by atoms with Crippen LogP contribution in [0, 0.1) is 0 Å². The molecule has 0 atom stereocenters. The van der Waals surface area contributed by atoms with Crippen molar-refractivity contribution >= 4 is 44.1 Å². The number of thiophene rings is 1. The average molecular weight is 368 g/mol. The normalized spacial score (nSPS) is 10.2. The zero-order chi connectivity index (χ0) is 15.2. The average Bonchev–Trinajstić information content (AvgIpc) is 2.94. The van der Waals surface area contributed by atoms with Crippen molar-refractivity contribution in [2.24, 2.45) is 0 Å². The van der Waals surface area contributed by atoms with Crippen molar-refractivity contribution in [1.29, 1.82) is 0 Å². The number of rotatable bonds is 5. The first-order chi connectivity index (χ1) is 10.1. The molecule has 1 aromatic carbocycles. The van der Waals surface area contributed by atoms with Crippen LogP contribution in [-0.4, -0.2) is 19.0 Å². The molecule has 0 saturated carbocycles. The maximum atomic E-state index is 11.9. The molecule has 0 bridgehead atoms. The van der Waals surface area contributed by atoms with Crippen molar-refractivity contribution in [2.45, 2.75) is 12.8 Å². The van der Waals surface area contributed by atoms with Crippen LogP contribution in [0.4, 0.5) is 5.00 Å². The molecule has 6 heteroatoms. The van der Waals surface area contributed by atoms with Gasteiger partial charge in [-0.2, -0.15) is 0 Å². The third kappa shape index (κ3) is 4.41. The van der Waals surface area contributed by atoms with E-state index in [1.165, 1.54) is 18.4 Å². The minimum Gasteiger partial charge on any atom is -0.465 e. The SMILES string of the molecule is COC(=O)c1ccsc1NC(=O)CCc1ccc(Br)cc1. The van der Waals surface area contributed by atoms with Gasteiger partial charge in [0.15, 0.2) is 0 Å². The Bertz CT molecular complexity index is 637. The van der Waals surface area contributed by atoms with Crippen LogP contribution in [-0.2, 0) is 16.0 Å². The van der Waals surface area contributed by atoms with Crippen LogP contribution >= 0.6 is 27.3 Å². The molecule has 21 heavy (non-hydrogen) atoms. The molecule has 0 unspecified atom stereocenters. The predicted molar refractivity (Wildman–Crippen MR) is 86.8 cm³/mol. The van der Waals surface area contributed by atoms with Gasteiger partial charge in [-0.25, -0.2) is 4.79 Å². The highest BCUT2D eigenvalue weighted by molar-refractivity contribution is 9.10. The molecule has 1 N–H and O–H groups in total. The van der Waals surface area contributed by atoms with Gasteiger partial charge >= 0.3 is 5.97 Å². The summed E-state index contributed by atoms with van der Waals surface area (Å²) in [6.07, 6.45) is 1.01. The van der Waals surface area contributed by atoms with E-state index in [1.54, 1.807) is 11.4 Å². The first kappa shape index (κ1) is 15.7. The monoisotopic (exact) mass is 367 g/mol. The number of aryl methyl sites for hydroxylation is 1. The lowest BCUT2D eigenvalue weighted by atomic mass is 10.1. The van der Waals surface area contributed by atoms with E-state index >= 15 is 0 Å². The molecule has 1 heterocycles. The number of hydrogen-bond acceptors (Lipinski definition) is 4. The molecule has 1 amide bonds. The van der Waals surface area contributed by atoms with Crippen LogP contribution in [0.2, 0.25) is 0 Å². The van der Waals surface area contributed by atoms with Gasteiger partial charge < -0.3 is 10.1 Å². The van der Waals surface area contributed by atoms with Gasteiger partial charge in [-0.05, 0) is 35.6 Å². The number of halogens is 1. The molecule has 0 aliphatic heterocycles. The van der Waals surface area contributed by atoms with Crippen molar-refractivity contribution in [2.75, 3.05) is 12.4 Å². The first-order valence-electron chi connectivity index (χ1n) is 6.30. The number of esters is 1. The van der Waals surface area contributed by atoms with Crippen molar-refractivity contribution in [3.8, 4) is 0 Å². The largest absolute Gasteiger partial charge is 0.465 e. The summed E-state index contributed by atoms with van der Waals surface area (Å²) >= 11 is 4.68. The van der Waals surface area contributed by atoms with Crippen LogP contribution in [0.25, 0.3) is 0 Å². The number of amides is 1. The zero-order valence-electron chi connectivity index (χ0n) is 11.4. The standard InChI is InChI=1S/C15H14BrNO3S/c1-20-15(19)12-8-9-21-14(12)17-13(18)7-4-10-2-5-11(16)6-3-10/h2-3,5-6,8-9H,4,7H2,1H3,(H,17,18). The van der Waals surface area contributed by atoms with Gasteiger partial charge in [-0.15, -0.1) is 11.3 Å². The summed E-state index contributed by atoms with van der Waals surface area (Å²) in [4.78, 5) is 23.5. The number of hydrogen-bond donors (Lipinski definition) is 1. The molecular formula is C15H14BrNO3S. The molecular weight excluding hydrogens is 354 g/mol. The summed E-state index contributed by atoms with van der Waals surface area (Å²) in [5.41, 5.74) is 1.48. The van der Waals surface area contributed by atoms with Gasteiger partial charge in [0.2, 0.25) is 5.91 Å². The second-order valence-corrected chi connectivity index (χ2v) is 6.16. The minimum absolute atomic E-state index is 0.120. The lowest BCUT2D eigenvalue weighted by Crippen LogP contribution is -2.14. The first-order valence-corrected chi connectivity index (χ1v) is 7.97. The van der Waals surface area contributed by atoms with E-state index in [2.05, 4.69) is 26.0 Å². The van der Waals surface area contributed by atoms with Gasteiger partial charge in [0.05, 0.1) is 12.7 Å². The Balaban J connectivity index is 1.92. The third-order valence-corrected chi connectivity index (χ3v) is 4.24. The summed E-state index contributed by atoms with van der Waals surface area (Å²) in [5.74, 6) is -0.565. The number of nitrogens with one attached hydrogen (secondary N) is 1. The molecule has 0 fully saturated rings. The molecule has 0 radical (unpaired) electrons. The lowest BCUT2D eigenvalue weighted by molar-refractivity contribution is -0.116. The van der Waals surface area contributed by atoms with Crippen LogP contribution in [0.5, 0.6) is 0 Å². The van der Waals surface area contributed by atoms with Gasteiger partial charge in [0, 0.05) is 10.9 Å². The van der Waals surface area contributed by atoms with Crippen LogP contribution in [0.15, 0.2) is 40.2 Å². The minimum atomic E-state index is -0.445. The number of ether oxygens (including phenoxy) is 1. The molecule has 0 aliphatic carbocycles. The number of benzene rings is 1. The molecule has 2 aromatic rings. The Morgan fingerprint density at radius 1 is 1.24 bits per heavy atom. The van der Waals surface area contributed by atoms with Gasteiger partial charge in [-0.1, -0.05) is 28.1 Å². The van der Waals surface area contributed by atoms with Crippen LogP contribution < -0.4 is 5.32 Å². The van der Waals surface area contributed by atoms with E-state index in [0.717, 1.165) is 10.0 Å². The summed E-state index contributed by atoms with van der Waals surface area (Å²) in [6, 6.07) is 9.48. The molecule has 0 saturated heterocycles. The zero-order valence-corrected chi connectivity index (χ0v) is 13.8. The Morgan fingerprint density at radius 3 is 2.62 bits per heavy atom. The van der Waals surface area contributed by atoms with E-state index in [9.17, 15) is 9.59 Å². The summed E-state index contributed by atoms with van der Waals surface area (Å²) < 4.78 is 5.68. The molecule has 110 valence electrons. The molecule has 1 aromatic heterocycles. The quantitative estimate of drug-likeness (QED) is 0.816. The van der Waals surface area contributed by atoms with Crippen molar-refractivity contribution in [3.05, 3.63) is 51.3 Å². The Morgan fingerprint density at radius 2 is 1.95 bits per heavy atom. The summed E-state index contributed by atoms with van der Waals surface area (Å²) in [7, 11) is 1.32. The highest BCUT2D eigenvalue weighted by atomic mass is 79.9. The van der Waals surface area contributed by atoms with Crippen molar-refractivity contribution in [3.63, 3.8) is 0 Å². The van der Waals surface area contributed by atoms with Gasteiger partial charge in [-0.3, -0.25) is 4.79 Å². The smallest absolute Gasteiger partial charge is 0.340 e. The highest BCUT2D eigenvalue weighted by Gasteiger charge is 2.15. The summed E-state index contributed by atoms with van der Waals surface area (Å²) in [6.45, 7) is 0. The highest BCUT2D eigenvalue weighted by Crippen LogP contribution is 2.24. The van der Waals surface area contributed by atoms with E-state index in [-0.39, 0.29) is 5.91 Å². The van der Waals surface area contributed by atoms with Gasteiger partial charge in [0.25, 0.3) is 0 Å². The fourth-order valence-corrected chi connectivity index (χ4v) is 2.83. The fraction of sp³-hybridized carbons (Fsp3) is 0.200. The molecule has 2 rings (SSSR count). The van der Waals surface area contributed by atoms with E-state index in [1.807, 2.05) is 24.3 Å². The molecule has 0 aliphatic rings.